The molecule has 6 nitrogen and oxygen atoms in total. The Morgan fingerprint density at radius 1 is 1.26 bits per heavy atom. The molecular weight excluding hydrogens is 338 g/mol. The van der Waals surface area contributed by atoms with Crippen molar-refractivity contribution >= 4 is 40.4 Å². The van der Waals surface area contributed by atoms with Crippen molar-refractivity contribution in [3.05, 3.63) is 0 Å². The topological polar surface area (TPSA) is 73.9 Å². The van der Waals surface area contributed by atoms with Gasteiger partial charge in [0.25, 0.3) is 0 Å². The number of fused-ring (bicyclic) bond motifs is 2. The molecule has 2 saturated carbocycles. The maximum absolute atomic E-state index is 12.2. The van der Waals surface area contributed by atoms with Crippen molar-refractivity contribution < 1.29 is 23.8 Å². The van der Waals surface area contributed by atoms with Gasteiger partial charge >= 0.3 is 12.1 Å². The Kier molecular flexibility index (Phi) is 6.52. The van der Waals surface area contributed by atoms with E-state index >= 15 is 0 Å². The fraction of sp³-hybridized carbons (Fsp3) is 0.800. The zero-order valence-corrected chi connectivity index (χ0v) is 15.2. The molecule has 0 radical (unpaired) electrons. The van der Waals surface area contributed by atoms with Gasteiger partial charge in [-0.2, -0.15) is 0 Å². The van der Waals surface area contributed by atoms with Crippen molar-refractivity contribution in [2.24, 2.45) is 17.8 Å². The summed E-state index contributed by atoms with van der Waals surface area (Å²) in [6, 6.07) is -0.718. The van der Waals surface area contributed by atoms with Gasteiger partial charge in [-0.05, 0) is 50.2 Å². The number of hydrogen-bond donors (Lipinski definition) is 1. The Bertz CT molecular complexity index is 473. The van der Waals surface area contributed by atoms with E-state index in [0.717, 1.165) is 19.3 Å². The summed E-state index contributed by atoms with van der Waals surface area (Å²) in [6.07, 6.45) is 2.61. The van der Waals surface area contributed by atoms with Crippen molar-refractivity contribution in [1.29, 1.82) is 0 Å². The zero-order valence-electron chi connectivity index (χ0n) is 13.6. The van der Waals surface area contributed by atoms with Crippen molar-refractivity contribution in [2.45, 2.75) is 37.5 Å². The first-order valence-electron chi connectivity index (χ1n) is 7.77. The molecule has 0 spiro atoms. The van der Waals surface area contributed by atoms with Crippen LogP contribution < -0.4 is 5.32 Å². The molecule has 130 valence electrons. The van der Waals surface area contributed by atoms with Crippen molar-refractivity contribution in [3.63, 3.8) is 0 Å². The lowest BCUT2D eigenvalue weighted by Crippen LogP contribution is -2.51. The normalized spacial score (nSPS) is 29.7. The lowest BCUT2D eigenvalue weighted by Gasteiger charge is -2.34. The van der Waals surface area contributed by atoms with Gasteiger partial charge in [0.1, 0.15) is 6.04 Å². The molecule has 0 saturated heterocycles. The van der Waals surface area contributed by atoms with Crippen LogP contribution in [-0.2, 0) is 19.0 Å². The number of carbonyl (C=O) groups is 2. The smallest absolute Gasteiger partial charge is 0.407 e. The molecule has 23 heavy (non-hydrogen) atoms. The Balaban J connectivity index is 2.18. The quantitative estimate of drug-likeness (QED) is 0.595. The molecule has 0 aromatic rings. The molecule has 1 amide bonds. The SMILES string of the molecule is CCOC(=S)SC1[C@H]2CC[C@H](C2)[C@@H]1C(NC(=O)OC)C(=O)OC. The summed E-state index contributed by atoms with van der Waals surface area (Å²) in [7, 11) is 2.61. The fourth-order valence-electron chi connectivity index (χ4n) is 3.81. The molecule has 2 fully saturated rings. The van der Waals surface area contributed by atoms with Gasteiger partial charge in [-0.3, -0.25) is 0 Å². The Morgan fingerprint density at radius 3 is 2.57 bits per heavy atom. The van der Waals surface area contributed by atoms with Crippen LogP contribution in [0.1, 0.15) is 26.2 Å². The van der Waals surface area contributed by atoms with E-state index < -0.39 is 18.1 Å². The second-order valence-electron chi connectivity index (χ2n) is 5.81. The largest absolute Gasteiger partial charge is 0.479 e. The highest BCUT2D eigenvalue weighted by Gasteiger charge is 2.53. The van der Waals surface area contributed by atoms with Crippen LogP contribution in [0.4, 0.5) is 4.79 Å². The lowest BCUT2D eigenvalue weighted by atomic mass is 9.82. The lowest BCUT2D eigenvalue weighted by molar-refractivity contribution is -0.145. The third-order valence-corrected chi connectivity index (χ3v) is 6.38. The molecular formula is C15H23NO5S2. The molecule has 2 bridgehead atoms. The number of thioether (sulfide) groups is 1. The predicted molar refractivity (Wildman–Crippen MR) is 91.3 cm³/mol. The van der Waals surface area contributed by atoms with E-state index in [0.29, 0.717) is 22.8 Å². The molecule has 8 heteroatoms. The molecule has 0 aliphatic heterocycles. The average Bonchev–Trinajstić information content (AvgIpc) is 3.13. The molecule has 0 aromatic heterocycles. The van der Waals surface area contributed by atoms with Crippen LogP contribution in [0, 0.1) is 17.8 Å². The number of alkyl carbamates (subject to hydrolysis) is 1. The van der Waals surface area contributed by atoms with Gasteiger partial charge in [-0.1, -0.05) is 11.8 Å². The van der Waals surface area contributed by atoms with Crippen molar-refractivity contribution in [1.82, 2.24) is 5.32 Å². The Morgan fingerprint density at radius 2 is 1.96 bits per heavy atom. The number of rotatable bonds is 5. The maximum atomic E-state index is 12.2. The minimum atomic E-state index is -0.718. The van der Waals surface area contributed by atoms with Crippen molar-refractivity contribution in [3.8, 4) is 0 Å². The van der Waals surface area contributed by atoms with Crippen LogP contribution in [-0.4, -0.2) is 48.6 Å². The van der Waals surface area contributed by atoms with Crippen LogP contribution >= 0.6 is 24.0 Å². The summed E-state index contributed by atoms with van der Waals surface area (Å²) in [5, 5.41) is 2.79. The number of methoxy groups -OCH3 is 2. The fourth-order valence-corrected chi connectivity index (χ4v) is 5.64. The highest BCUT2D eigenvalue weighted by Crippen LogP contribution is 2.54. The van der Waals surface area contributed by atoms with E-state index in [1.807, 2.05) is 6.92 Å². The van der Waals surface area contributed by atoms with E-state index in [1.54, 1.807) is 0 Å². The number of nitrogens with one attached hydrogen (secondary N) is 1. The van der Waals surface area contributed by atoms with Crippen LogP contribution in [0.5, 0.6) is 0 Å². The van der Waals surface area contributed by atoms with Gasteiger partial charge in [0.05, 0.1) is 20.8 Å². The molecule has 2 rings (SSSR count). The van der Waals surface area contributed by atoms with Crippen LogP contribution in [0.3, 0.4) is 0 Å². The molecule has 2 aliphatic rings. The summed E-state index contributed by atoms with van der Waals surface area (Å²) >= 11 is 6.77. The van der Waals surface area contributed by atoms with E-state index in [4.69, 9.17) is 21.7 Å². The van der Waals surface area contributed by atoms with E-state index in [9.17, 15) is 9.59 Å². The number of carbonyl (C=O) groups excluding carboxylic acids is 2. The van der Waals surface area contributed by atoms with Gasteiger partial charge in [0.15, 0.2) is 0 Å². The first-order valence-corrected chi connectivity index (χ1v) is 9.06. The van der Waals surface area contributed by atoms with Gasteiger partial charge in [0.2, 0.25) is 4.38 Å². The molecule has 2 aliphatic carbocycles. The summed E-state index contributed by atoms with van der Waals surface area (Å²) in [5.74, 6) is 0.396. The van der Waals surface area contributed by atoms with Gasteiger partial charge in [-0.25, -0.2) is 9.59 Å². The Labute approximate surface area is 146 Å². The van der Waals surface area contributed by atoms with Gasteiger partial charge in [0, 0.05) is 11.2 Å². The molecule has 0 aromatic carbocycles. The minimum absolute atomic E-state index is 0.0243. The molecule has 0 heterocycles. The van der Waals surface area contributed by atoms with Crippen LogP contribution in [0.2, 0.25) is 0 Å². The minimum Gasteiger partial charge on any atom is -0.479 e. The third kappa shape index (κ3) is 4.09. The molecule has 2 unspecified atom stereocenters. The second kappa shape index (κ2) is 8.19. The third-order valence-electron chi connectivity index (χ3n) is 4.70. The van der Waals surface area contributed by atoms with Gasteiger partial charge < -0.3 is 19.5 Å². The number of ether oxygens (including phenoxy) is 3. The number of amides is 1. The predicted octanol–water partition coefficient (Wildman–Crippen LogP) is 2.35. The van der Waals surface area contributed by atoms with Crippen LogP contribution in [0.25, 0.3) is 0 Å². The number of thiocarbonyl (C=S) groups is 1. The maximum Gasteiger partial charge on any atom is 0.407 e. The van der Waals surface area contributed by atoms with E-state index in [2.05, 4.69) is 10.1 Å². The standard InChI is InChI=1S/C15H23NO5S2/c1-4-21-15(22)23-12-9-6-5-8(7-9)10(12)11(13(17)19-2)16-14(18)20-3/h8-12H,4-7H2,1-3H3,(H,16,18)/t8-,9+,10-,11?,12?/m1/s1. The summed E-state index contributed by atoms with van der Waals surface area (Å²) in [4.78, 5) is 23.9. The van der Waals surface area contributed by atoms with Crippen LogP contribution in [0.15, 0.2) is 0 Å². The number of hydrogen-bond acceptors (Lipinski definition) is 7. The highest BCUT2D eigenvalue weighted by atomic mass is 32.2. The second-order valence-corrected chi connectivity index (χ2v) is 7.59. The number of esters is 1. The summed E-state index contributed by atoms with van der Waals surface area (Å²) in [5.41, 5.74) is 0. The highest BCUT2D eigenvalue weighted by molar-refractivity contribution is 8.23. The Hall–Kier alpha value is -1.02. The molecule has 5 atom stereocenters. The monoisotopic (exact) mass is 361 g/mol. The van der Waals surface area contributed by atoms with Crippen molar-refractivity contribution in [2.75, 3.05) is 20.8 Å². The van der Waals surface area contributed by atoms with E-state index in [1.165, 1.54) is 26.0 Å². The summed E-state index contributed by atoms with van der Waals surface area (Å²) in [6.45, 7) is 2.42. The van der Waals surface area contributed by atoms with Gasteiger partial charge in [-0.15, -0.1) is 0 Å². The summed E-state index contributed by atoms with van der Waals surface area (Å²) < 4.78 is 15.4. The van der Waals surface area contributed by atoms with E-state index in [-0.39, 0.29) is 11.2 Å². The first-order chi connectivity index (χ1) is 11.0. The molecule has 1 N–H and O–H groups in total. The average molecular weight is 361 g/mol. The first kappa shape index (κ1) is 18.3. The zero-order chi connectivity index (χ0) is 17.0.